The van der Waals surface area contributed by atoms with Crippen LogP contribution in [0.2, 0.25) is 0 Å². The summed E-state index contributed by atoms with van der Waals surface area (Å²) in [6.45, 7) is 31.3. The molecule has 6 heterocycles. The van der Waals surface area contributed by atoms with Crippen LogP contribution in [0.25, 0.3) is 91.4 Å². The van der Waals surface area contributed by atoms with Crippen molar-refractivity contribution in [3.63, 3.8) is 0 Å². The lowest BCUT2D eigenvalue weighted by Gasteiger charge is -2.30. The van der Waals surface area contributed by atoms with E-state index in [4.69, 9.17) is 37.0 Å². The Morgan fingerprint density at radius 1 is 0.366 bits per heavy atom. The number of benzene rings is 8. The standard InChI is InChI=1S/2C26H29N5O4S.2C25H28N4O2/c2*1-17(2)34-24-10-7-18(15-19(24)16-27)26-28-25(29-35-26)22-6-3-5-21-20(22)8-9-23(21)30-36(32,33)14-13-31-11-4-12-31;2*1-15(2)14-27-22-10-9-19-20(22)6-5-7-21(19)24-28-25(31-29-24)17-8-11-23(30-16(3)4)18(12-17)13-26/h2*3,5-7,10,15,17,23,30H,4,8-9,11-14H2,1-2H3;2*5-8,11-12,15-16,22,27H,9-10,14H2,1-4H3/t2*23-;;/m00../s1. The van der Waals surface area contributed by atoms with Gasteiger partial charge >= 0.3 is 0 Å². The molecule has 12 aromatic rings. The number of sulfonamides is 2. The molecule has 0 radical (unpaired) electrons. The summed E-state index contributed by atoms with van der Waals surface area (Å²) in [6.07, 6.45) is 9.10. The van der Waals surface area contributed by atoms with Crippen LogP contribution in [0.3, 0.4) is 0 Å². The largest absolute Gasteiger partial charge is 0.490 e. The van der Waals surface area contributed by atoms with Gasteiger partial charge in [0, 0.05) is 81.8 Å². The van der Waals surface area contributed by atoms with Gasteiger partial charge in [-0.05, 0) is 288 Å². The van der Waals surface area contributed by atoms with Crippen molar-refractivity contribution in [2.75, 3.05) is 63.9 Å². The molecule has 4 aliphatic carbocycles. The van der Waals surface area contributed by atoms with Crippen molar-refractivity contribution in [2.24, 2.45) is 11.8 Å². The fourth-order valence-electron chi connectivity index (χ4n) is 17.4. The molecule has 8 aromatic carbocycles. The van der Waals surface area contributed by atoms with Crippen molar-refractivity contribution in [3.8, 4) is 139 Å². The Morgan fingerprint density at radius 3 is 0.851 bits per heavy atom. The highest BCUT2D eigenvalue weighted by molar-refractivity contribution is 7.89. The van der Waals surface area contributed by atoms with Gasteiger partial charge in [-0.1, -0.05) is 121 Å². The Morgan fingerprint density at radius 2 is 0.619 bits per heavy atom. The molecule has 0 spiro atoms. The average molecular weight is 1850 g/mol. The zero-order valence-electron chi connectivity index (χ0n) is 77.7. The second-order valence-corrected chi connectivity index (χ2v) is 40.1. The van der Waals surface area contributed by atoms with Crippen molar-refractivity contribution >= 4 is 20.0 Å². The van der Waals surface area contributed by atoms with E-state index in [1.807, 2.05) is 104 Å². The first kappa shape index (κ1) is 95.7. The smallest absolute Gasteiger partial charge is 0.258 e. The Labute approximate surface area is 783 Å². The molecular formula is C102H114N18O12S2. The first-order chi connectivity index (χ1) is 64.6. The minimum Gasteiger partial charge on any atom is -0.490 e. The van der Waals surface area contributed by atoms with Crippen LogP contribution in [0, 0.1) is 57.2 Å². The number of nitrogens with zero attached hydrogens (tertiary/aromatic N) is 14. The van der Waals surface area contributed by atoms with Crippen LogP contribution < -0.4 is 39.0 Å². The topological polar surface area (TPSA) is 411 Å². The number of rotatable bonds is 32. The lowest BCUT2D eigenvalue weighted by Crippen LogP contribution is -2.42. The van der Waals surface area contributed by atoms with Crippen molar-refractivity contribution in [1.29, 1.82) is 21.0 Å². The lowest BCUT2D eigenvalue weighted by molar-refractivity contribution is 0.193. The molecule has 18 rings (SSSR count). The maximum Gasteiger partial charge on any atom is 0.258 e. The molecule has 2 fully saturated rings. The molecule has 134 heavy (non-hydrogen) atoms. The van der Waals surface area contributed by atoms with E-state index in [9.17, 15) is 37.9 Å². The van der Waals surface area contributed by atoms with Crippen molar-refractivity contribution in [3.05, 3.63) is 212 Å². The highest BCUT2D eigenvalue weighted by atomic mass is 32.2. The first-order valence-corrected chi connectivity index (χ1v) is 49.5. The predicted molar refractivity (Wildman–Crippen MR) is 508 cm³/mol. The van der Waals surface area contributed by atoms with E-state index >= 15 is 0 Å². The van der Waals surface area contributed by atoms with Gasteiger partial charge in [-0.15, -0.1) is 0 Å². The minimum absolute atomic E-state index is 0.00742. The van der Waals surface area contributed by atoms with Crippen LogP contribution in [0.1, 0.15) is 213 Å². The van der Waals surface area contributed by atoms with Gasteiger partial charge in [0.05, 0.1) is 58.2 Å². The number of likely N-dealkylation sites (tertiary alicyclic amines) is 2. The quantitative estimate of drug-likeness (QED) is 0.0304. The molecule has 0 amide bonds. The first-order valence-electron chi connectivity index (χ1n) is 46.2. The van der Waals surface area contributed by atoms with E-state index in [-0.39, 0.29) is 48.0 Å². The van der Waals surface area contributed by atoms with Crippen LogP contribution in [0.15, 0.2) is 164 Å². The fraction of sp³-hybridized carbons (Fsp3) is 0.412. The normalized spacial score (nSPS) is 16.5. The molecule has 2 saturated heterocycles. The molecule has 32 heteroatoms. The molecule has 2 aliphatic heterocycles. The summed E-state index contributed by atoms with van der Waals surface area (Å²) in [7, 11) is -6.77. The summed E-state index contributed by atoms with van der Waals surface area (Å²) in [6, 6.07) is 54.2. The van der Waals surface area contributed by atoms with Gasteiger partial charge in [0.2, 0.25) is 43.3 Å². The van der Waals surface area contributed by atoms with Crippen molar-refractivity contribution in [2.45, 2.75) is 196 Å². The molecule has 4 atom stereocenters. The number of nitriles is 4. The van der Waals surface area contributed by atoms with E-state index in [1.54, 1.807) is 60.7 Å². The van der Waals surface area contributed by atoms with Gasteiger partial charge in [-0.3, -0.25) is 0 Å². The number of nitrogens with one attached hydrogen (secondary N) is 4. The van der Waals surface area contributed by atoms with E-state index < -0.39 is 20.0 Å². The predicted octanol–water partition coefficient (Wildman–Crippen LogP) is 17.9. The monoisotopic (exact) mass is 1850 g/mol. The average Bonchev–Trinajstić information content (AvgIpc) is 1.64. The third-order valence-corrected chi connectivity index (χ3v) is 26.8. The van der Waals surface area contributed by atoms with Crippen LogP contribution >= 0.6 is 0 Å². The van der Waals surface area contributed by atoms with Gasteiger partial charge < -0.3 is 57.5 Å². The van der Waals surface area contributed by atoms with Gasteiger partial charge in [0.25, 0.3) is 23.6 Å². The molecule has 6 aliphatic rings. The van der Waals surface area contributed by atoms with Gasteiger partial charge in [-0.25, -0.2) is 26.3 Å². The van der Waals surface area contributed by atoms with Crippen LogP contribution in [-0.2, 0) is 45.7 Å². The minimum atomic E-state index is -3.38. The zero-order valence-corrected chi connectivity index (χ0v) is 79.4. The van der Waals surface area contributed by atoms with Crippen LogP contribution in [-0.4, -0.2) is 155 Å². The number of fused-ring (bicyclic) bond motifs is 4. The van der Waals surface area contributed by atoms with E-state index in [2.05, 4.69) is 159 Å². The summed E-state index contributed by atoms with van der Waals surface area (Å²) in [4.78, 5) is 22.8. The van der Waals surface area contributed by atoms with Crippen molar-refractivity contribution < 1.29 is 53.9 Å². The summed E-state index contributed by atoms with van der Waals surface area (Å²) in [5.41, 5.74) is 17.2. The second-order valence-electron chi connectivity index (χ2n) is 36.4. The van der Waals surface area contributed by atoms with Gasteiger partial charge in [0.15, 0.2) is 0 Å². The molecule has 0 bridgehead atoms. The van der Waals surface area contributed by atoms with Gasteiger partial charge in [0.1, 0.15) is 47.3 Å². The summed E-state index contributed by atoms with van der Waals surface area (Å²) in [5, 5.41) is 62.2. The second kappa shape index (κ2) is 43.0. The Kier molecular flexibility index (Phi) is 30.7. The molecule has 4 N–H and O–H groups in total. The number of hydrogen-bond acceptors (Lipinski definition) is 28. The van der Waals surface area contributed by atoms with E-state index in [0.29, 0.717) is 177 Å². The van der Waals surface area contributed by atoms with Gasteiger partial charge in [-0.2, -0.15) is 41.0 Å². The zero-order chi connectivity index (χ0) is 94.5. The third kappa shape index (κ3) is 23.3. The molecule has 2 unspecified atom stereocenters. The Hall–Kier alpha value is -12.9. The molecule has 4 aromatic heterocycles. The summed E-state index contributed by atoms with van der Waals surface area (Å²) >= 11 is 0. The number of aromatic nitrogens is 8. The van der Waals surface area contributed by atoms with Crippen LogP contribution in [0.5, 0.6) is 23.0 Å². The SMILES string of the molecule is CC(C)CNC1CCc2c(-c3noc(-c4ccc(OC(C)C)c(C#N)c4)n3)cccc21.CC(C)CNC1CCc2c(-c3noc(-c4ccc(OC(C)C)c(C#N)c4)n3)cccc21.CC(C)Oc1ccc(-c2nc(-c3cccc4c3CC[C@@H]4NS(=O)(=O)CCN3CCC3)no2)cc1C#N.CC(C)Oc1ccc(-c2nc(-c3cccc4c3CC[C@@H]4NS(=O)(=O)CCN3CCC3)no2)cc1C#N. The van der Waals surface area contributed by atoms with E-state index in [1.165, 1.54) is 22.3 Å². The molecule has 30 nitrogen and oxygen atoms in total. The molecular weight excluding hydrogens is 1730 g/mol. The summed E-state index contributed by atoms with van der Waals surface area (Å²) in [5.74, 6) is 7.01. The molecule has 696 valence electrons. The van der Waals surface area contributed by atoms with Crippen molar-refractivity contribution in [1.82, 2.24) is 70.4 Å². The third-order valence-electron chi connectivity index (χ3n) is 24.0. The maximum absolute atomic E-state index is 12.7. The molecule has 0 saturated carbocycles. The highest BCUT2D eigenvalue weighted by Gasteiger charge is 2.35. The Balaban J connectivity index is 0.000000137. The Bertz CT molecular complexity index is 6210. The number of hydrogen-bond donors (Lipinski definition) is 4. The maximum atomic E-state index is 12.7. The van der Waals surface area contributed by atoms with Crippen LogP contribution in [0.4, 0.5) is 0 Å². The number of ether oxygens (including phenoxy) is 4. The fourth-order valence-corrected chi connectivity index (χ4v) is 20.0. The lowest BCUT2D eigenvalue weighted by atomic mass is 10.0. The van der Waals surface area contributed by atoms with E-state index in [0.717, 1.165) is 122 Å². The summed E-state index contributed by atoms with van der Waals surface area (Å²) < 4.78 is 102. The highest BCUT2D eigenvalue weighted by Crippen LogP contribution is 2.44.